The topological polar surface area (TPSA) is 56.0 Å². The maximum Gasteiger partial charge on any atom is 0.312 e. The van der Waals surface area contributed by atoms with E-state index in [1.54, 1.807) is 12.3 Å². The van der Waals surface area contributed by atoms with Gasteiger partial charge in [0.2, 0.25) is 5.82 Å². The first-order valence-corrected chi connectivity index (χ1v) is 4.94. The molecular weight excluding hydrogens is 223 g/mol. The van der Waals surface area contributed by atoms with Crippen molar-refractivity contribution in [1.82, 2.24) is 4.98 Å². The highest BCUT2D eigenvalue weighted by Gasteiger charge is 2.20. The molecule has 0 radical (unpaired) electrons. The molecule has 1 heterocycles. The maximum atomic E-state index is 13.4. The van der Waals surface area contributed by atoms with E-state index in [0.717, 1.165) is 11.6 Å². The summed E-state index contributed by atoms with van der Waals surface area (Å²) in [6, 6.07) is 5.76. The van der Waals surface area contributed by atoms with Crippen LogP contribution in [0, 0.1) is 22.9 Å². The summed E-state index contributed by atoms with van der Waals surface area (Å²) in [5.74, 6) is -0.839. The van der Waals surface area contributed by atoms with Crippen LogP contribution in [0.1, 0.15) is 5.56 Å². The molecule has 0 aliphatic heterocycles. The molecule has 2 aromatic rings. The Labute approximate surface area is 96.9 Å². The third-order valence-electron chi connectivity index (χ3n) is 2.36. The number of rotatable bonds is 2. The van der Waals surface area contributed by atoms with Crippen molar-refractivity contribution in [3.05, 3.63) is 58.2 Å². The molecule has 5 heteroatoms. The molecule has 0 saturated heterocycles. The molecule has 1 aromatic heterocycles. The number of nitro groups is 1. The molecule has 2 rings (SSSR count). The van der Waals surface area contributed by atoms with Gasteiger partial charge < -0.3 is 0 Å². The molecule has 0 aliphatic rings. The van der Waals surface area contributed by atoms with Crippen LogP contribution < -0.4 is 0 Å². The third kappa shape index (κ3) is 2.13. The van der Waals surface area contributed by atoms with Gasteiger partial charge in [-0.1, -0.05) is 6.07 Å². The van der Waals surface area contributed by atoms with E-state index in [-0.39, 0.29) is 5.56 Å². The smallest absolute Gasteiger partial charge is 0.264 e. The molecule has 0 amide bonds. The van der Waals surface area contributed by atoms with Crippen molar-refractivity contribution in [2.45, 2.75) is 6.92 Å². The largest absolute Gasteiger partial charge is 0.312 e. The minimum atomic E-state index is -0.839. The molecule has 17 heavy (non-hydrogen) atoms. The van der Waals surface area contributed by atoms with Crippen molar-refractivity contribution in [3.8, 4) is 11.1 Å². The van der Waals surface area contributed by atoms with E-state index >= 15 is 0 Å². The number of pyridine rings is 1. The van der Waals surface area contributed by atoms with E-state index in [4.69, 9.17) is 0 Å². The molecular formula is C12H9FN2O2. The van der Waals surface area contributed by atoms with Gasteiger partial charge in [0.05, 0.1) is 10.5 Å². The number of hydrogen-bond acceptors (Lipinski definition) is 3. The zero-order chi connectivity index (χ0) is 12.4. The number of nitro benzene ring substituents is 1. The normalized spacial score (nSPS) is 10.2. The molecule has 0 N–H and O–H groups in total. The highest BCUT2D eigenvalue weighted by atomic mass is 19.1. The Morgan fingerprint density at radius 3 is 2.76 bits per heavy atom. The summed E-state index contributed by atoms with van der Waals surface area (Å²) < 4.78 is 13.4. The zero-order valence-corrected chi connectivity index (χ0v) is 9.05. The van der Waals surface area contributed by atoms with Gasteiger partial charge in [-0.2, -0.15) is 4.39 Å². The van der Waals surface area contributed by atoms with Crippen molar-refractivity contribution in [2.75, 3.05) is 0 Å². The predicted octanol–water partition coefficient (Wildman–Crippen LogP) is 3.10. The first-order chi connectivity index (χ1) is 8.09. The number of halogens is 1. The van der Waals surface area contributed by atoms with Crippen LogP contribution in [-0.4, -0.2) is 9.91 Å². The van der Waals surface area contributed by atoms with Crippen molar-refractivity contribution in [2.24, 2.45) is 0 Å². The van der Waals surface area contributed by atoms with Gasteiger partial charge in [-0.05, 0) is 30.7 Å². The highest BCUT2D eigenvalue weighted by Crippen LogP contribution is 2.31. The maximum absolute atomic E-state index is 13.4. The fraction of sp³-hybridized carbons (Fsp3) is 0.0833. The molecule has 0 atom stereocenters. The van der Waals surface area contributed by atoms with Crippen LogP contribution >= 0.6 is 0 Å². The lowest BCUT2D eigenvalue weighted by molar-refractivity contribution is -0.386. The second kappa shape index (κ2) is 4.29. The molecule has 0 spiro atoms. The summed E-state index contributed by atoms with van der Waals surface area (Å²) in [6.45, 7) is 1.82. The lowest BCUT2D eigenvalue weighted by Crippen LogP contribution is -1.96. The summed E-state index contributed by atoms with van der Waals surface area (Å²) in [4.78, 5) is 14.1. The van der Waals surface area contributed by atoms with Crippen LogP contribution in [0.5, 0.6) is 0 Å². The molecule has 0 aliphatic carbocycles. The van der Waals surface area contributed by atoms with Crippen molar-refractivity contribution >= 4 is 5.69 Å². The van der Waals surface area contributed by atoms with Crippen molar-refractivity contribution in [1.29, 1.82) is 0 Å². The van der Waals surface area contributed by atoms with Crippen molar-refractivity contribution in [3.63, 3.8) is 0 Å². The Morgan fingerprint density at radius 2 is 2.12 bits per heavy atom. The lowest BCUT2D eigenvalue weighted by atomic mass is 10.0. The zero-order valence-electron chi connectivity index (χ0n) is 9.05. The standard InChI is InChI=1S/C12H9FN2O2/c1-8-5-9(7-14-6-8)10-3-2-4-11(13)12(10)15(16)17/h2-7H,1H3. The summed E-state index contributed by atoms with van der Waals surface area (Å²) in [5.41, 5.74) is 1.13. The van der Waals surface area contributed by atoms with E-state index < -0.39 is 16.4 Å². The molecule has 0 unspecified atom stereocenters. The van der Waals surface area contributed by atoms with Crippen LogP contribution in [-0.2, 0) is 0 Å². The molecule has 0 saturated carbocycles. The van der Waals surface area contributed by atoms with E-state index in [1.807, 2.05) is 6.92 Å². The first-order valence-electron chi connectivity index (χ1n) is 4.94. The van der Waals surface area contributed by atoms with Gasteiger partial charge in [0, 0.05) is 18.0 Å². The van der Waals surface area contributed by atoms with Gasteiger partial charge in [0.15, 0.2) is 0 Å². The molecule has 0 fully saturated rings. The molecule has 4 nitrogen and oxygen atoms in total. The van der Waals surface area contributed by atoms with Crippen LogP contribution in [0.2, 0.25) is 0 Å². The molecule has 0 bridgehead atoms. The monoisotopic (exact) mass is 232 g/mol. The van der Waals surface area contributed by atoms with Gasteiger partial charge in [-0.25, -0.2) is 0 Å². The van der Waals surface area contributed by atoms with E-state index in [0.29, 0.717) is 5.56 Å². The number of nitrogens with zero attached hydrogens (tertiary/aromatic N) is 2. The highest BCUT2D eigenvalue weighted by molar-refractivity contribution is 5.73. The van der Waals surface area contributed by atoms with Crippen LogP contribution in [0.15, 0.2) is 36.7 Å². The van der Waals surface area contributed by atoms with Gasteiger partial charge >= 0.3 is 5.69 Å². The van der Waals surface area contributed by atoms with Crippen molar-refractivity contribution < 1.29 is 9.31 Å². The van der Waals surface area contributed by atoms with Gasteiger partial charge in [0.1, 0.15) is 0 Å². The quantitative estimate of drug-likeness (QED) is 0.590. The number of para-hydroxylation sites is 1. The average Bonchev–Trinajstić information content (AvgIpc) is 2.28. The van der Waals surface area contributed by atoms with Gasteiger partial charge in [-0.15, -0.1) is 0 Å². The number of aromatic nitrogens is 1. The lowest BCUT2D eigenvalue weighted by Gasteiger charge is -2.04. The average molecular weight is 232 g/mol. The van der Waals surface area contributed by atoms with Gasteiger partial charge in [-0.3, -0.25) is 15.1 Å². The number of aryl methyl sites for hydroxylation is 1. The Morgan fingerprint density at radius 1 is 1.35 bits per heavy atom. The summed E-state index contributed by atoms with van der Waals surface area (Å²) in [5, 5.41) is 10.8. The first kappa shape index (κ1) is 11.2. The number of hydrogen-bond donors (Lipinski definition) is 0. The second-order valence-corrected chi connectivity index (χ2v) is 3.64. The molecule has 86 valence electrons. The number of benzene rings is 1. The fourth-order valence-corrected chi connectivity index (χ4v) is 1.64. The summed E-state index contributed by atoms with van der Waals surface area (Å²) >= 11 is 0. The van der Waals surface area contributed by atoms with E-state index in [9.17, 15) is 14.5 Å². The summed E-state index contributed by atoms with van der Waals surface area (Å²) in [6.07, 6.45) is 3.11. The second-order valence-electron chi connectivity index (χ2n) is 3.64. The van der Waals surface area contributed by atoms with E-state index in [1.165, 1.54) is 18.3 Å². The Hall–Kier alpha value is -2.30. The summed E-state index contributed by atoms with van der Waals surface area (Å²) in [7, 11) is 0. The third-order valence-corrected chi connectivity index (χ3v) is 2.36. The van der Waals surface area contributed by atoms with Crippen LogP contribution in [0.3, 0.4) is 0 Å². The predicted molar refractivity (Wildman–Crippen MR) is 61.0 cm³/mol. The van der Waals surface area contributed by atoms with Crippen LogP contribution in [0.4, 0.5) is 10.1 Å². The minimum Gasteiger partial charge on any atom is -0.264 e. The fourth-order valence-electron chi connectivity index (χ4n) is 1.64. The van der Waals surface area contributed by atoms with E-state index in [2.05, 4.69) is 4.98 Å². The molecule has 1 aromatic carbocycles. The van der Waals surface area contributed by atoms with Gasteiger partial charge in [0.25, 0.3) is 0 Å². The SMILES string of the molecule is Cc1cncc(-c2cccc(F)c2[N+](=O)[O-])c1. The van der Waals surface area contributed by atoms with Crippen LogP contribution in [0.25, 0.3) is 11.1 Å². The minimum absolute atomic E-state index is 0.242. The Kier molecular flexibility index (Phi) is 2.82. The Balaban J connectivity index is 2.67. The Bertz CT molecular complexity index is 584.